The summed E-state index contributed by atoms with van der Waals surface area (Å²) in [6.45, 7) is 3.52. The number of alkyl halides is 1. The van der Waals surface area contributed by atoms with Crippen molar-refractivity contribution in [1.29, 1.82) is 0 Å². The van der Waals surface area contributed by atoms with Crippen LogP contribution in [-0.4, -0.2) is 24.1 Å². The van der Waals surface area contributed by atoms with Crippen molar-refractivity contribution >= 4 is 17.7 Å². The lowest BCUT2D eigenvalue weighted by Crippen LogP contribution is -2.29. The molecule has 1 aliphatic rings. The fourth-order valence-electron chi connectivity index (χ4n) is 0.812. The van der Waals surface area contributed by atoms with Gasteiger partial charge in [0.1, 0.15) is 6.10 Å². The summed E-state index contributed by atoms with van der Waals surface area (Å²) in [5.41, 5.74) is 0. The van der Waals surface area contributed by atoms with Crippen LogP contribution in [0.5, 0.6) is 0 Å². The number of carbonyl (C=O) groups is 1. The Morgan fingerprint density at radius 1 is 1.90 bits per heavy atom. The zero-order chi connectivity index (χ0) is 7.56. The summed E-state index contributed by atoms with van der Waals surface area (Å²) in [6, 6.07) is -0.134. The van der Waals surface area contributed by atoms with Gasteiger partial charge in [0.25, 0.3) is 0 Å². The fraction of sp³-hybridized carbons (Fsp3) is 0.500. The largest absolute Gasteiger partial charge is 0.442 e. The molecule has 3 nitrogen and oxygen atoms in total. The smallest absolute Gasteiger partial charge is 0.408 e. The molecule has 1 heterocycles. The number of ether oxygens (including phenoxy) is 1. The highest BCUT2D eigenvalue weighted by Gasteiger charge is 2.30. The first-order valence-corrected chi connectivity index (χ1v) is 3.47. The van der Waals surface area contributed by atoms with E-state index in [4.69, 9.17) is 16.3 Å². The third kappa shape index (κ3) is 1.24. The predicted molar refractivity (Wildman–Crippen MR) is 38.1 cm³/mol. The summed E-state index contributed by atoms with van der Waals surface area (Å²) in [6.07, 6.45) is 0.931. The molecule has 0 saturated carbocycles. The monoisotopic (exact) mass is 161 g/mol. The van der Waals surface area contributed by atoms with Crippen molar-refractivity contribution in [2.75, 3.05) is 5.88 Å². The van der Waals surface area contributed by atoms with Crippen molar-refractivity contribution in [2.24, 2.45) is 0 Å². The average molecular weight is 162 g/mol. The highest BCUT2D eigenvalue weighted by atomic mass is 35.5. The molecule has 0 aromatic carbocycles. The SMILES string of the molecule is C=CC1NC(=O)OC1CCl. The zero-order valence-corrected chi connectivity index (χ0v) is 6.10. The number of alkyl carbamates (subject to hydrolysis) is 1. The van der Waals surface area contributed by atoms with E-state index in [0.717, 1.165) is 0 Å². The minimum absolute atomic E-state index is 0.134. The fourth-order valence-corrected chi connectivity index (χ4v) is 1.07. The molecule has 4 heteroatoms. The molecule has 10 heavy (non-hydrogen) atoms. The van der Waals surface area contributed by atoms with Crippen LogP contribution in [0, 0.1) is 0 Å². The summed E-state index contributed by atoms with van der Waals surface area (Å²) in [4.78, 5) is 10.5. The first-order valence-electron chi connectivity index (χ1n) is 2.93. The number of carbonyl (C=O) groups excluding carboxylic acids is 1. The maximum atomic E-state index is 10.5. The summed E-state index contributed by atoms with van der Waals surface area (Å²) >= 11 is 5.48. The Morgan fingerprint density at radius 3 is 3.00 bits per heavy atom. The van der Waals surface area contributed by atoms with Gasteiger partial charge in [0.05, 0.1) is 11.9 Å². The van der Waals surface area contributed by atoms with Crippen molar-refractivity contribution in [2.45, 2.75) is 12.1 Å². The summed E-state index contributed by atoms with van der Waals surface area (Å²) in [7, 11) is 0. The molecule has 56 valence electrons. The van der Waals surface area contributed by atoms with Crippen LogP contribution >= 0.6 is 11.6 Å². The Hall–Kier alpha value is -0.700. The third-order valence-electron chi connectivity index (χ3n) is 1.35. The zero-order valence-electron chi connectivity index (χ0n) is 5.34. The van der Waals surface area contributed by atoms with Crippen molar-refractivity contribution in [3.05, 3.63) is 12.7 Å². The van der Waals surface area contributed by atoms with Gasteiger partial charge in [0.2, 0.25) is 0 Å². The van der Waals surface area contributed by atoms with E-state index in [9.17, 15) is 4.79 Å². The minimum atomic E-state index is -0.421. The highest BCUT2D eigenvalue weighted by Crippen LogP contribution is 2.10. The quantitative estimate of drug-likeness (QED) is 0.483. The van der Waals surface area contributed by atoms with Crippen molar-refractivity contribution in [1.82, 2.24) is 5.32 Å². The molecule has 0 radical (unpaired) electrons. The number of hydrogen-bond donors (Lipinski definition) is 1. The van der Waals surface area contributed by atoms with Gasteiger partial charge >= 0.3 is 6.09 Å². The second kappa shape index (κ2) is 2.92. The molecule has 2 unspecified atom stereocenters. The van der Waals surface area contributed by atoms with Gasteiger partial charge in [0.15, 0.2) is 0 Å². The van der Waals surface area contributed by atoms with Gasteiger partial charge in [-0.2, -0.15) is 0 Å². The van der Waals surface area contributed by atoms with Crippen LogP contribution in [0.2, 0.25) is 0 Å². The standard InChI is InChI=1S/C6H8ClNO2/c1-2-4-5(3-7)10-6(9)8-4/h2,4-5H,1,3H2,(H,8,9). The average Bonchev–Trinajstić information content (AvgIpc) is 2.30. The number of cyclic esters (lactones) is 1. The van der Waals surface area contributed by atoms with Crippen LogP contribution in [0.25, 0.3) is 0 Å². The van der Waals surface area contributed by atoms with Gasteiger partial charge < -0.3 is 10.1 Å². The molecule has 1 fully saturated rings. The first kappa shape index (κ1) is 7.41. The van der Waals surface area contributed by atoms with Gasteiger partial charge in [-0.15, -0.1) is 18.2 Å². The normalized spacial score (nSPS) is 31.1. The number of nitrogens with one attached hydrogen (secondary N) is 1. The van der Waals surface area contributed by atoms with E-state index in [1.807, 2.05) is 0 Å². The summed E-state index contributed by atoms with van der Waals surface area (Å²) in [5, 5.41) is 2.54. The third-order valence-corrected chi connectivity index (χ3v) is 1.65. The molecular formula is C6H8ClNO2. The van der Waals surface area contributed by atoms with E-state index >= 15 is 0 Å². The van der Waals surface area contributed by atoms with Crippen LogP contribution in [0.1, 0.15) is 0 Å². The van der Waals surface area contributed by atoms with Crippen LogP contribution < -0.4 is 5.32 Å². The van der Waals surface area contributed by atoms with Crippen LogP contribution in [0.4, 0.5) is 4.79 Å². The summed E-state index contributed by atoms with van der Waals surface area (Å²) in [5.74, 6) is 0.301. The van der Waals surface area contributed by atoms with Gasteiger partial charge in [-0.25, -0.2) is 4.79 Å². The summed E-state index contributed by atoms with van der Waals surface area (Å²) < 4.78 is 4.76. The van der Waals surface area contributed by atoms with Crippen molar-refractivity contribution in [3.63, 3.8) is 0 Å². The van der Waals surface area contributed by atoms with E-state index in [1.165, 1.54) is 0 Å². The first-order chi connectivity index (χ1) is 4.77. The van der Waals surface area contributed by atoms with Crippen molar-refractivity contribution < 1.29 is 9.53 Å². The minimum Gasteiger partial charge on any atom is -0.442 e. The van der Waals surface area contributed by atoms with E-state index in [1.54, 1.807) is 6.08 Å². The van der Waals surface area contributed by atoms with Gasteiger partial charge in [-0.05, 0) is 0 Å². The molecule has 1 amide bonds. The number of rotatable bonds is 2. The van der Waals surface area contributed by atoms with E-state index in [-0.39, 0.29) is 12.1 Å². The number of hydrogen-bond acceptors (Lipinski definition) is 2. The Kier molecular flexibility index (Phi) is 2.17. The molecule has 0 aromatic heterocycles. The topological polar surface area (TPSA) is 38.3 Å². The molecule has 0 bridgehead atoms. The Labute approximate surface area is 64.0 Å². The molecule has 1 rings (SSSR count). The molecule has 0 aromatic rings. The Bertz CT molecular complexity index is 160. The molecule has 0 aliphatic carbocycles. The Balaban J connectivity index is 2.56. The molecule has 2 atom stereocenters. The maximum absolute atomic E-state index is 10.5. The van der Waals surface area contributed by atoms with Crippen LogP contribution in [0.15, 0.2) is 12.7 Å². The second-order valence-corrected chi connectivity index (χ2v) is 2.31. The lowest BCUT2D eigenvalue weighted by atomic mass is 10.2. The maximum Gasteiger partial charge on any atom is 0.408 e. The number of halogens is 1. The predicted octanol–water partition coefficient (Wildman–Crippen LogP) is 0.888. The van der Waals surface area contributed by atoms with E-state index < -0.39 is 6.09 Å². The van der Waals surface area contributed by atoms with E-state index in [2.05, 4.69) is 11.9 Å². The van der Waals surface area contributed by atoms with Crippen molar-refractivity contribution in [3.8, 4) is 0 Å². The van der Waals surface area contributed by atoms with E-state index in [0.29, 0.717) is 5.88 Å². The lowest BCUT2D eigenvalue weighted by Gasteiger charge is -2.07. The van der Waals surface area contributed by atoms with Gasteiger partial charge in [0, 0.05) is 0 Å². The molecule has 1 saturated heterocycles. The Morgan fingerprint density at radius 2 is 2.60 bits per heavy atom. The van der Waals surface area contributed by atoms with Crippen LogP contribution in [-0.2, 0) is 4.74 Å². The molecule has 1 N–H and O–H groups in total. The lowest BCUT2D eigenvalue weighted by molar-refractivity contribution is 0.146. The molecule has 1 aliphatic heterocycles. The highest BCUT2D eigenvalue weighted by molar-refractivity contribution is 6.18. The van der Waals surface area contributed by atoms with Gasteiger partial charge in [-0.3, -0.25) is 0 Å². The number of amides is 1. The second-order valence-electron chi connectivity index (χ2n) is 2.00. The molecular weight excluding hydrogens is 154 g/mol. The van der Waals surface area contributed by atoms with Crippen LogP contribution in [0.3, 0.4) is 0 Å². The van der Waals surface area contributed by atoms with Gasteiger partial charge in [-0.1, -0.05) is 6.08 Å². The molecule has 0 spiro atoms.